The first-order chi connectivity index (χ1) is 12.9. The first kappa shape index (κ1) is 19.4. The number of benzene rings is 1. The number of sulfone groups is 1. The molecule has 1 atom stereocenters. The van der Waals surface area contributed by atoms with E-state index in [4.69, 9.17) is 14.2 Å². The summed E-state index contributed by atoms with van der Waals surface area (Å²) in [7, 11) is -0.0224. The highest BCUT2D eigenvalue weighted by Crippen LogP contribution is 2.33. The zero-order valence-electron chi connectivity index (χ0n) is 14.9. The molecule has 2 aromatic rings. The smallest absolute Gasteiger partial charge is 0.306 e. The molecule has 0 fully saturated rings. The lowest BCUT2D eigenvalue weighted by atomic mass is 10.1. The van der Waals surface area contributed by atoms with Gasteiger partial charge in [-0.1, -0.05) is 6.08 Å². The van der Waals surface area contributed by atoms with Gasteiger partial charge in [-0.05, 0) is 18.2 Å². The average molecular weight is 409 g/mol. The number of carbonyl (C=O) groups is 1. The van der Waals surface area contributed by atoms with Gasteiger partial charge in [-0.3, -0.25) is 4.79 Å². The highest BCUT2D eigenvalue weighted by Gasteiger charge is 2.24. The Hall–Kier alpha value is -2.39. The van der Waals surface area contributed by atoms with Crippen molar-refractivity contribution in [2.75, 3.05) is 20.0 Å². The number of allylic oxidation sites excluding steroid dienone is 1. The van der Waals surface area contributed by atoms with Gasteiger partial charge < -0.3 is 14.2 Å². The van der Waals surface area contributed by atoms with Crippen molar-refractivity contribution < 1.29 is 27.4 Å². The summed E-state index contributed by atoms with van der Waals surface area (Å²) in [5.74, 6) is 0.442. The summed E-state index contributed by atoms with van der Waals surface area (Å²) in [5, 5.41) is 3.74. The van der Waals surface area contributed by atoms with Crippen LogP contribution >= 0.6 is 11.3 Å². The maximum Gasteiger partial charge on any atom is 0.306 e. The molecule has 0 aliphatic carbocycles. The molecule has 1 aliphatic rings. The van der Waals surface area contributed by atoms with Gasteiger partial charge in [0.25, 0.3) is 0 Å². The van der Waals surface area contributed by atoms with Crippen molar-refractivity contribution in [2.24, 2.45) is 5.92 Å². The van der Waals surface area contributed by atoms with E-state index in [-0.39, 0.29) is 24.7 Å². The monoisotopic (exact) mass is 409 g/mol. The van der Waals surface area contributed by atoms with Crippen LogP contribution in [0.25, 0.3) is 10.6 Å². The van der Waals surface area contributed by atoms with Crippen LogP contribution in [0.4, 0.5) is 0 Å². The van der Waals surface area contributed by atoms with E-state index in [1.54, 1.807) is 20.3 Å². The fourth-order valence-corrected chi connectivity index (χ4v) is 4.87. The molecule has 0 saturated heterocycles. The van der Waals surface area contributed by atoms with E-state index >= 15 is 0 Å². The van der Waals surface area contributed by atoms with E-state index in [2.05, 4.69) is 4.98 Å². The summed E-state index contributed by atoms with van der Waals surface area (Å²) >= 11 is 1.43. The summed E-state index contributed by atoms with van der Waals surface area (Å²) in [4.78, 5) is 16.4. The highest BCUT2D eigenvalue weighted by molar-refractivity contribution is 7.94. The second-order valence-electron chi connectivity index (χ2n) is 6.00. The first-order valence-corrected chi connectivity index (χ1v) is 10.7. The van der Waals surface area contributed by atoms with Crippen molar-refractivity contribution in [1.29, 1.82) is 0 Å². The lowest BCUT2D eigenvalue weighted by Gasteiger charge is -2.08. The Labute approximate surface area is 161 Å². The largest absolute Gasteiger partial charge is 0.493 e. The summed E-state index contributed by atoms with van der Waals surface area (Å²) in [6, 6.07) is 5.52. The molecule has 1 aliphatic heterocycles. The minimum Gasteiger partial charge on any atom is -0.493 e. The van der Waals surface area contributed by atoms with E-state index in [1.165, 1.54) is 17.4 Å². The van der Waals surface area contributed by atoms with E-state index in [0.717, 1.165) is 16.0 Å². The van der Waals surface area contributed by atoms with Crippen molar-refractivity contribution in [3.63, 3.8) is 0 Å². The molecule has 0 bridgehead atoms. The molecule has 1 aromatic heterocycles. The van der Waals surface area contributed by atoms with Crippen molar-refractivity contribution in [2.45, 2.75) is 13.0 Å². The Morgan fingerprint density at radius 2 is 2.04 bits per heavy atom. The Morgan fingerprint density at radius 1 is 1.26 bits per heavy atom. The van der Waals surface area contributed by atoms with Crippen molar-refractivity contribution >= 4 is 27.1 Å². The molecular formula is C18H19NO6S2. The van der Waals surface area contributed by atoms with E-state index in [9.17, 15) is 13.2 Å². The van der Waals surface area contributed by atoms with Gasteiger partial charge in [0.05, 0.1) is 32.1 Å². The Morgan fingerprint density at radius 3 is 2.70 bits per heavy atom. The van der Waals surface area contributed by atoms with E-state index in [0.29, 0.717) is 17.2 Å². The molecule has 0 spiro atoms. The number of esters is 1. The number of methoxy groups -OCH3 is 2. The third kappa shape index (κ3) is 4.86. The molecule has 0 amide bonds. The van der Waals surface area contributed by atoms with E-state index < -0.39 is 15.8 Å². The topological polar surface area (TPSA) is 91.8 Å². The second-order valence-corrected chi connectivity index (χ2v) is 8.79. The lowest BCUT2D eigenvalue weighted by molar-refractivity contribution is -0.145. The highest BCUT2D eigenvalue weighted by atomic mass is 32.2. The zero-order valence-corrected chi connectivity index (χ0v) is 16.5. The number of thiazole rings is 1. The fraction of sp³-hybridized carbons (Fsp3) is 0.333. The molecule has 144 valence electrons. The number of nitrogens with zero attached hydrogens (tertiary/aromatic N) is 1. The van der Waals surface area contributed by atoms with Crippen LogP contribution in [-0.4, -0.2) is 39.3 Å². The summed E-state index contributed by atoms with van der Waals surface area (Å²) in [6.07, 6.45) is 1.58. The molecule has 3 rings (SSSR count). The van der Waals surface area contributed by atoms with Crippen molar-refractivity contribution in [3.05, 3.63) is 40.8 Å². The number of carbonyl (C=O) groups excluding carboxylic acids is 1. The third-order valence-corrected chi connectivity index (χ3v) is 6.40. The van der Waals surface area contributed by atoms with Crippen LogP contribution in [0.1, 0.15) is 12.1 Å². The lowest BCUT2D eigenvalue weighted by Crippen LogP contribution is -2.13. The standard InChI is InChI=1S/C18H19NO6S2/c1-23-15-4-3-13(8-16(15)24-2)18-19-14(10-26-18)9-25-17(20)7-12-5-6-27(21,22)11-12/h3-6,8,10,12H,7,9,11H2,1-2H3/t12-/m1/s1. The predicted octanol–water partition coefficient (Wildman–Crippen LogP) is 2.82. The van der Waals surface area contributed by atoms with Gasteiger partial charge in [-0.25, -0.2) is 13.4 Å². The number of rotatable bonds is 7. The van der Waals surface area contributed by atoms with E-state index in [1.807, 2.05) is 17.5 Å². The van der Waals surface area contributed by atoms with Gasteiger partial charge in [0.15, 0.2) is 21.3 Å². The van der Waals surface area contributed by atoms with Crippen LogP contribution in [0, 0.1) is 5.92 Å². The average Bonchev–Trinajstić information content (AvgIpc) is 3.25. The second kappa shape index (κ2) is 8.10. The quantitative estimate of drug-likeness (QED) is 0.649. The molecular weight excluding hydrogens is 390 g/mol. The van der Waals surface area contributed by atoms with Crippen LogP contribution in [0.5, 0.6) is 11.5 Å². The first-order valence-electron chi connectivity index (χ1n) is 8.13. The molecule has 1 aromatic carbocycles. The molecule has 0 saturated carbocycles. The molecule has 0 radical (unpaired) electrons. The summed E-state index contributed by atoms with van der Waals surface area (Å²) < 4.78 is 38.5. The maximum absolute atomic E-state index is 11.9. The van der Waals surface area contributed by atoms with Gasteiger partial charge in [-0.15, -0.1) is 11.3 Å². The fourth-order valence-electron chi connectivity index (χ4n) is 2.67. The zero-order chi connectivity index (χ0) is 19.4. The van der Waals surface area contributed by atoms with Gasteiger partial charge in [0, 0.05) is 22.3 Å². The van der Waals surface area contributed by atoms with Gasteiger partial charge in [0.1, 0.15) is 11.6 Å². The third-order valence-electron chi connectivity index (χ3n) is 4.00. The summed E-state index contributed by atoms with van der Waals surface area (Å²) in [6.45, 7) is 0.0474. The molecule has 7 nitrogen and oxygen atoms in total. The van der Waals surface area contributed by atoms with Gasteiger partial charge >= 0.3 is 5.97 Å². The number of aromatic nitrogens is 1. The van der Waals surface area contributed by atoms with Gasteiger partial charge in [-0.2, -0.15) is 0 Å². The predicted molar refractivity (Wildman–Crippen MR) is 101 cm³/mol. The molecule has 0 unspecified atom stereocenters. The maximum atomic E-state index is 11.9. The van der Waals surface area contributed by atoms with Gasteiger partial charge in [0.2, 0.25) is 0 Å². The Kier molecular flexibility index (Phi) is 5.81. The number of hydrogen-bond donors (Lipinski definition) is 0. The van der Waals surface area contributed by atoms with Crippen molar-refractivity contribution in [3.8, 4) is 22.1 Å². The van der Waals surface area contributed by atoms with Crippen molar-refractivity contribution in [1.82, 2.24) is 4.98 Å². The minimum atomic E-state index is -3.16. The number of hydrogen-bond acceptors (Lipinski definition) is 8. The normalized spacial score (nSPS) is 17.6. The Balaban J connectivity index is 1.58. The van der Waals surface area contributed by atoms with Crippen LogP contribution in [0.2, 0.25) is 0 Å². The number of ether oxygens (including phenoxy) is 3. The van der Waals surface area contributed by atoms with Crippen LogP contribution in [0.3, 0.4) is 0 Å². The summed E-state index contributed by atoms with van der Waals surface area (Å²) in [5.41, 5.74) is 1.50. The molecule has 9 heteroatoms. The minimum absolute atomic E-state index is 0.0394. The SMILES string of the molecule is COc1ccc(-c2nc(COC(=O)C[C@H]3C=CS(=O)(=O)C3)cs2)cc1OC. The van der Waals surface area contributed by atoms with Crippen LogP contribution in [0.15, 0.2) is 35.1 Å². The molecule has 0 N–H and O–H groups in total. The Bertz CT molecular complexity index is 964. The van der Waals surface area contributed by atoms with Crippen LogP contribution in [-0.2, 0) is 26.0 Å². The van der Waals surface area contributed by atoms with Crippen LogP contribution < -0.4 is 9.47 Å². The molecule has 27 heavy (non-hydrogen) atoms. The molecule has 2 heterocycles.